The van der Waals surface area contributed by atoms with E-state index in [0.29, 0.717) is 13.0 Å². The fourth-order valence-corrected chi connectivity index (χ4v) is 2.54. The molecule has 2 rings (SSSR count). The molecule has 1 aromatic carbocycles. The van der Waals surface area contributed by atoms with Crippen LogP contribution >= 0.6 is 11.6 Å². The first-order chi connectivity index (χ1) is 8.69. The summed E-state index contributed by atoms with van der Waals surface area (Å²) in [5.41, 5.74) is 0.982. The molecule has 18 heavy (non-hydrogen) atoms. The van der Waals surface area contributed by atoms with Gasteiger partial charge in [0.1, 0.15) is 5.75 Å². The molecule has 3 nitrogen and oxygen atoms in total. The smallest absolute Gasteiger partial charge is 0.227 e. The summed E-state index contributed by atoms with van der Waals surface area (Å²) in [6, 6.07) is 7.63. The molecule has 0 aliphatic carbocycles. The summed E-state index contributed by atoms with van der Waals surface area (Å²) in [5.74, 6) is 0.933. The predicted molar refractivity (Wildman–Crippen MR) is 72.2 cm³/mol. The fourth-order valence-electron chi connectivity index (χ4n) is 2.22. The van der Waals surface area contributed by atoms with E-state index in [-0.39, 0.29) is 11.3 Å². The maximum atomic E-state index is 12.1. The second-order valence-corrected chi connectivity index (χ2v) is 5.22. The summed E-state index contributed by atoms with van der Waals surface area (Å²) in [7, 11) is 1.63. The van der Waals surface area contributed by atoms with Crippen LogP contribution in [0.4, 0.5) is 0 Å². The number of hydrogen-bond acceptors (Lipinski definition) is 2. The standard InChI is InChI=1S/C14H18ClNO2/c1-18-13-6-2-4-11(8-13)9-14(17)16-7-3-5-12(15)10-16/h2,4,6,8,12H,3,5,7,9-10H2,1H3. The van der Waals surface area contributed by atoms with Gasteiger partial charge in [0.05, 0.1) is 18.9 Å². The van der Waals surface area contributed by atoms with Crippen molar-refractivity contribution in [2.45, 2.75) is 24.6 Å². The molecule has 1 atom stereocenters. The molecule has 1 aliphatic heterocycles. The number of rotatable bonds is 3. The lowest BCUT2D eigenvalue weighted by molar-refractivity contribution is -0.131. The number of amides is 1. The van der Waals surface area contributed by atoms with Crippen molar-refractivity contribution in [3.8, 4) is 5.75 Å². The maximum absolute atomic E-state index is 12.1. The highest BCUT2D eigenvalue weighted by atomic mass is 35.5. The van der Waals surface area contributed by atoms with Gasteiger partial charge >= 0.3 is 0 Å². The van der Waals surface area contributed by atoms with E-state index < -0.39 is 0 Å². The first kappa shape index (κ1) is 13.2. The molecular formula is C14H18ClNO2. The number of carbonyl (C=O) groups excluding carboxylic acids is 1. The van der Waals surface area contributed by atoms with E-state index >= 15 is 0 Å². The summed E-state index contributed by atoms with van der Waals surface area (Å²) in [4.78, 5) is 14.0. The minimum atomic E-state index is 0.105. The van der Waals surface area contributed by atoms with Crippen LogP contribution in [0.3, 0.4) is 0 Å². The number of piperidine rings is 1. The van der Waals surface area contributed by atoms with Crippen LogP contribution in [0.5, 0.6) is 5.75 Å². The molecule has 0 radical (unpaired) electrons. The highest BCUT2D eigenvalue weighted by Gasteiger charge is 2.22. The van der Waals surface area contributed by atoms with Crippen LogP contribution in [0.15, 0.2) is 24.3 Å². The number of carbonyl (C=O) groups is 1. The van der Waals surface area contributed by atoms with Gasteiger partial charge in [0.2, 0.25) is 5.91 Å². The largest absolute Gasteiger partial charge is 0.497 e. The van der Waals surface area contributed by atoms with Crippen LogP contribution in [-0.2, 0) is 11.2 Å². The van der Waals surface area contributed by atoms with Gasteiger partial charge in [-0.15, -0.1) is 11.6 Å². The molecule has 98 valence electrons. The molecule has 1 amide bonds. The van der Waals surface area contributed by atoms with Crippen molar-refractivity contribution in [2.75, 3.05) is 20.2 Å². The van der Waals surface area contributed by atoms with Gasteiger partial charge in [-0.2, -0.15) is 0 Å². The Morgan fingerprint density at radius 2 is 2.39 bits per heavy atom. The van der Waals surface area contributed by atoms with E-state index in [1.54, 1.807) is 7.11 Å². The van der Waals surface area contributed by atoms with Crippen molar-refractivity contribution in [1.29, 1.82) is 0 Å². The predicted octanol–water partition coefficient (Wildman–Crippen LogP) is 2.47. The Morgan fingerprint density at radius 3 is 3.11 bits per heavy atom. The number of nitrogens with zero attached hydrogens (tertiary/aromatic N) is 1. The monoisotopic (exact) mass is 267 g/mol. The number of alkyl halides is 1. The topological polar surface area (TPSA) is 29.5 Å². The molecule has 1 aliphatic rings. The van der Waals surface area contributed by atoms with Gasteiger partial charge in [0.15, 0.2) is 0 Å². The van der Waals surface area contributed by atoms with E-state index in [9.17, 15) is 4.79 Å². The van der Waals surface area contributed by atoms with Gasteiger partial charge in [-0.05, 0) is 30.5 Å². The zero-order valence-corrected chi connectivity index (χ0v) is 11.3. The van der Waals surface area contributed by atoms with E-state index in [0.717, 1.165) is 30.7 Å². The van der Waals surface area contributed by atoms with Crippen molar-refractivity contribution >= 4 is 17.5 Å². The van der Waals surface area contributed by atoms with E-state index in [1.165, 1.54) is 0 Å². The van der Waals surface area contributed by atoms with Gasteiger partial charge in [0, 0.05) is 13.1 Å². The molecule has 1 heterocycles. The lowest BCUT2D eigenvalue weighted by Crippen LogP contribution is -2.41. The first-order valence-corrected chi connectivity index (χ1v) is 6.67. The fraction of sp³-hybridized carbons (Fsp3) is 0.500. The lowest BCUT2D eigenvalue weighted by atomic mass is 10.1. The van der Waals surface area contributed by atoms with Crippen LogP contribution in [-0.4, -0.2) is 36.4 Å². The number of ether oxygens (including phenoxy) is 1. The van der Waals surface area contributed by atoms with Crippen molar-refractivity contribution in [1.82, 2.24) is 4.90 Å². The van der Waals surface area contributed by atoms with E-state index in [2.05, 4.69) is 0 Å². The third-order valence-corrected chi connectivity index (χ3v) is 3.56. The minimum absolute atomic E-state index is 0.105. The summed E-state index contributed by atoms with van der Waals surface area (Å²) in [6.07, 6.45) is 2.42. The van der Waals surface area contributed by atoms with Crippen molar-refractivity contribution in [2.24, 2.45) is 0 Å². The molecule has 1 unspecified atom stereocenters. The number of hydrogen-bond donors (Lipinski definition) is 0. The number of halogens is 1. The lowest BCUT2D eigenvalue weighted by Gasteiger charge is -2.29. The Labute approximate surface area is 113 Å². The number of benzene rings is 1. The maximum Gasteiger partial charge on any atom is 0.227 e. The Hall–Kier alpha value is -1.22. The van der Waals surface area contributed by atoms with Crippen LogP contribution < -0.4 is 4.74 Å². The third kappa shape index (κ3) is 3.39. The van der Waals surface area contributed by atoms with Gasteiger partial charge in [-0.1, -0.05) is 12.1 Å². The molecule has 0 spiro atoms. The number of likely N-dealkylation sites (tertiary alicyclic amines) is 1. The molecule has 1 aromatic rings. The molecule has 0 aromatic heterocycles. The van der Waals surface area contributed by atoms with Gasteiger partial charge in [0.25, 0.3) is 0 Å². The second kappa shape index (κ2) is 6.10. The zero-order chi connectivity index (χ0) is 13.0. The Kier molecular flexibility index (Phi) is 4.48. The van der Waals surface area contributed by atoms with Crippen molar-refractivity contribution < 1.29 is 9.53 Å². The summed E-state index contributed by atoms with van der Waals surface area (Å²) in [5, 5.41) is 0.105. The molecule has 0 N–H and O–H groups in total. The quantitative estimate of drug-likeness (QED) is 0.788. The third-order valence-electron chi connectivity index (χ3n) is 3.21. The van der Waals surface area contributed by atoms with Crippen LogP contribution in [0, 0.1) is 0 Å². The molecule has 1 fully saturated rings. The van der Waals surface area contributed by atoms with Crippen molar-refractivity contribution in [3.05, 3.63) is 29.8 Å². The average Bonchev–Trinajstić information content (AvgIpc) is 2.39. The minimum Gasteiger partial charge on any atom is -0.497 e. The summed E-state index contributed by atoms with van der Waals surface area (Å²) < 4.78 is 5.15. The van der Waals surface area contributed by atoms with Gasteiger partial charge in [-0.25, -0.2) is 0 Å². The first-order valence-electron chi connectivity index (χ1n) is 6.24. The molecule has 0 saturated carbocycles. The van der Waals surface area contributed by atoms with Crippen LogP contribution in [0.1, 0.15) is 18.4 Å². The van der Waals surface area contributed by atoms with E-state index in [4.69, 9.17) is 16.3 Å². The van der Waals surface area contributed by atoms with Crippen LogP contribution in [0.25, 0.3) is 0 Å². The average molecular weight is 268 g/mol. The highest BCUT2D eigenvalue weighted by molar-refractivity contribution is 6.20. The van der Waals surface area contributed by atoms with Crippen LogP contribution in [0.2, 0.25) is 0 Å². The molecule has 4 heteroatoms. The summed E-state index contributed by atoms with van der Waals surface area (Å²) >= 11 is 6.09. The Bertz CT molecular complexity index is 422. The van der Waals surface area contributed by atoms with Crippen molar-refractivity contribution in [3.63, 3.8) is 0 Å². The Balaban J connectivity index is 1.97. The molecule has 0 bridgehead atoms. The SMILES string of the molecule is COc1cccc(CC(=O)N2CCCC(Cl)C2)c1. The molecule has 1 saturated heterocycles. The summed E-state index contributed by atoms with van der Waals surface area (Å²) in [6.45, 7) is 1.50. The Morgan fingerprint density at radius 1 is 1.56 bits per heavy atom. The van der Waals surface area contributed by atoms with E-state index in [1.807, 2.05) is 29.2 Å². The second-order valence-electron chi connectivity index (χ2n) is 4.61. The zero-order valence-electron chi connectivity index (χ0n) is 10.6. The normalized spacial score (nSPS) is 19.7. The van der Waals surface area contributed by atoms with Gasteiger partial charge < -0.3 is 9.64 Å². The number of methoxy groups -OCH3 is 1. The van der Waals surface area contributed by atoms with Gasteiger partial charge in [-0.3, -0.25) is 4.79 Å². The highest BCUT2D eigenvalue weighted by Crippen LogP contribution is 2.18. The molecular weight excluding hydrogens is 250 g/mol.